The van der Waals surface area contributed by atoms with Crippen molar-refractivity contribution in [1.82, 2.24) is 15.0 Å². The van der Waals surface area contributed by atoms with Crippen molar-refractivity contribution in [2.45, 2.75) is 52.9 Å². The Balaban J connectivity index is 1.70. The maximum atomic E-state index is 4.61. The first-order valence-corrected chi connectivity index (χ1v) is 8.48. The van der Waals surface area contributed by atoms with Gasteiger partial charge in [-0.3, -0.25) is 0 Å². The largest absolute Gasteiger partial charge is 0.369 e. The Kier molecular flexibility index (Phi) is 4.19. The highest BCUT2D eigenvalue weighted by Gasteiger charge is 2.16. The molecule has 0 atom stereocenters. The van der Waals surface area contributed by atoms with Gasteiger partial charge in [-0.25, -0.2) is 15.0 Å². The molecule has 0 unspecified atom stereocenters. The molecule has 1 aliphatic rings. The van der Waals surface area contributed by atoms with Crippen molar-refractivity contribution in [3.63, 3.8) is 0 Å². The summed E-state index contributed by atoms with van der Waals surface area (Å²) in [6.07, 6.45) is 5.72. The molecule has 1 aliphatic carbocycles. The molecule has 5 heteroatoms. The third-order valence-corrected chi connectivity index (χ3v) is 5.07. The van der Waals surface area contributed by atoms with Gasteiger partial charge in [-0.2, -0.15) is 0 Å². The fraction of sp³-hybridized carbons (Fsp3) is 0.562. The van der Waals surface area contributed by atoms with Gasteiger partial charge in [-0.15, -0.1) is 11.3 Å². The lowest BCUT2D eigenvalue weighted by molar-refractivity contribution is 0.659. The second kappa shape index (κ2) is 6.10. The first-order valence-electron chi connectivity index (χ1n) is 7.66. The lowest BCUT2D eigenvalue weighted by Crippen LogP contribution is -2.15. The summed E-state index contributed by atoms with van der Waals surface area (Å²) in [7, 11) is 0. The molecule has 0 aromatic carbocycles. The van der Waals surface area contributed by atoms with Crippen LogP contribution in [0.2, 0.25) is 0 Å². The predicted molar refractivity (Wildman–Crippen MR) is 87.2 cm³/mol. The summed E-state index contributed by atoms with van der Waals surface area (Å²) in [5.74, 6) is 1.93. The van der Waals surface area contributed by atoms with E-state index in [-0.39, 0.29) is 0 Å². The molecule has 112 valence electrons. The number of nitrogens with zero attached hydrogens (tertiary/aromatic N) is 3. The number of aryl methyl sites for hydroxylation is 4. The zero-order valence-electron chi connectivity index (χ0n) is 13.0. The van der Waals surface area contributed by atoms with Crippen molar-refractivity contribution in [2.75, 3.05) is 11.9 Å². The van der Waals surface area contributed by atoms with Crippen LogP contribution in [0.4, 0.5) is 5.82 Å². The highest BCUT2D eigenvalue weighted by molar-refractivity contribution is 7.11. The van der Waals surface area contributed by atoms with E-state index in [0.29, 0.717) is 0 Å². The molecule has 0 bridgehead atoms. The Labute approximate surface area is 130 Å². The normalized spacial score (nSPS) is 14.0. The lowest BCUT2D eigenvalue weighted by Gasteiger charge is -2.19. The molecule has 0 amide bonds. The lowest BCUT2D eigenvalue weighted by atomic mass is 9.96. The zero-order valence-corrected chi connectivity index (χ0v) is 13.8. The SMILES string of the molecule is Cc1nc2c(c(NCCc3sc(C)nc3C)n1)CCCC2. The van der Waals surface area contributed by atoms with Crippen molar-refractivity contribution in [2.24, 2.45) is 0 Å². The predicted octanol–water partition coefficient (Wildman–Crippen LogP) is 3.39. The maximum Gasteiger partial charge on any atom is 0.133 e. The summed E-state index contributed by atoms with van der Waals surface area (Å²) >= 11 is 1.80. The van der Waals surface area contributed by atoms with Crippen LogP contribution in [0.3, 0.4) is 0 Å². The van der Waals surface area contributed by atoms with Crippen LogP contribution >= 0.6 is 11.3 Å². The number of anilines is 1. The Hall–Kier alpha value is -1.49. The van der Waals surface area contributed by atoms with Crippen molar-refractivity contribution in [1.29, 1.82) is 0 Å². The van der Waals surface area contributed by atoms with E-state index in [1.807, 2.05) is 6.92 Å². The molecule has 0 spiro atoms. The topological polar surface area (TPSA) is 50.7 Å². The molecule has 1 N–H and O–H groups in total. The number of thiazole rings is 1. The molecule has 0 radical (unpaired) electrons. The highest BCUT2D eigenvalue weighted by Crippen LogP contribution is 2.25. The van der Waals surface area contributed by atoms with Crippen LogP contribution in [-0.2, 0) is 19.3 Å². The molecule has 3 rings (SSSR count). The average molecular weight is 302 g/mol. The Bertz CT molecular complexity index is 648. The van der Waals surface area contributed by atoms with Gasteiger partial charge in [-0.1, -0.05) is 0 Å². The van der Waals surface area contributed by atoms with Gasteiger partial charge in [0.25, 0.3) is 0 Å². The van der Waals surface area contributed by atoms with Crippen molar-refractivity contribution >= 4 is 17.2 Å². The molecule has 0 saturated carbocycles. The molecule has 21 heavy (non-hydrogen) atoms. The van der Waals surface area contributed by atoms with Gasteiger partial charge >= 0.3 is 0 Å². The van der Waals surface area contributed by atoms with Crippen molar-refractivity contribution in [3.05, 3.63) is 32.7 Å². The molecule has 0 aliphatic heterocycles. The Morgan fingerprint density at radius 3 is 2.62 bits per heavy atom. The van der Waals surface area contributed by atoms with Crippen LogP contribution in [0.5, 0.6) is 0 Å². The fourth-order valence-electron chi connectivity index (χ4n) is 2.96. The van der Waals surface area contributed by atoms with E-state index in [2.05, 4.69) is 34.1 Å². The minimum absolute atomic E-state index is 0.878. The number of rotatable bonds is 4. The minimum atomic E-state index is 0.878. The smallest absolute Gasteiger partial charge is 0.133 e. The molecule has 0 fully saturated rings. The van der Waals surface area contributed by atoms with Crippen LogP contribution < -0.4 is 5.32 Å². The van der Waals surface area contributed by atoms with E-state index in [4.69, 9.17) is 0 Å². The molecular formula is C16H22N4S. The number of hydrogen-bond donors (Lipinski definition) is 1. The summed E-state index contributed by atoms with van der Waals surface area (Å²) in [5.41, 5.74) is 3.75. The first kappa shape index (κ1) is 14.4. The molecular weight excluding hydrogens is 280 g/mol. The number of fused-ring (bicyclic) bond motifs is 1. The number of nitrogens with one attached hydrogen (secondary N) is 1. The first-order chi connectivity index (χ1) is 10.1. The van der Waals surface area contributed by atoms with Crippen LogP contribution in [0, 0.1) is 20.8 Å². The average Bonchev–Trinajstić information content (AvgIpc) is 2.77. The zero-order chi connectivity index (χ0) is 14.8. The standard InChI is InChI=1S/C16H22N4S/c1-10-15(21-12(3)18-10)8-9-17-16-13-6-4-5-7-14(13)19-11(2)20-16/h4-9H2,1-3H3,(H,17,19,20). The van der Waals surface area contributed by atoms with E-state index in [1.54, 1.807) is 11.3 Å². The van der Waals surface area contributed by atoms with Gasteiger partial charge < -0.3 is 5.32 Å². The third-order valence-electron chi connectivity index (χ3n) is 3.94. The van der Waals surface area contributed by atoms with Crippen LogP contribution in [0.25, 0.3) is 0 Å². The maximum absolute atomic E-state index is 4.61. The minimum Gasteiger partial charge on any atom is -0.369 e. The summed E-state index contributed by atoms with van der Waals surface area (Å²) in [6.45, 7) is 7.05. The van der Waals surface area contributed by atoms with Crippen molar-refractivity contribution in [3.8, 4) is 0 Å². The van der Waals surface area contributed by atoms with E-state index < -0.39 is 0 Å². The van der Waals surface area contributed by atoms with Crippen molar-refractivity contribution < 1.29 is 0 Å². The van der Waals surface area contributed by atoms with Crippen LogP contribution in [0.1, 0.15) is 45.5 Å². The van der Waals surface area contributed by atoms with Crippen LogP contribution in [0.15, 0.2) is 0 Å². The molecule has 0 saturated heterocycles. The van der Waals surface area contributed by atoms with E-state index >= 15 is 0 Å². The summed E-state index contributed by atoms with van der Waals surface area (Å²) in [6, 6.07) is 0. The molecule has 2 heterocycles. The molecule has 4 nitrogen and oxygen atoms in total. The summed E-state index contributed by atoms with van der Waals surface area (Å²) < 4.78 is 0. The summed E-state index contributed by atoms with van der Waals surface area (Å²) in [4.78, 5) is 15.1. The second-order valence-electron chi connectivity index (χ2n) is 5.67. The second-order valence-corrected chi connectivity index (χ2v) is 6.96. The summed E-state index contributed by atoms with van der Waals surface area (Å²) in [5, 5.41) is 4.68. The Morgan fingerprint density at radius 1 is 1.05 bits per heavy atom. The van der Waals surface area contributed by atoms with E-state index in [9.17, 15) is 0 Å². The van der Waals surface area contributed by atoms with E-state index in [1.165, 1.54) is 34.7 Å². The quantitative estimate of drug-likeness (QED) is 0.940. The molecule has 2 aromatic heterocycles. The van der Waals surface area contributed by atoms with Gasteiger partial charge in [-0.05, 0) is 46.5 Å². The number of aromatic nitrogens is 3. The highest BCUT2D eigenvalue weighted by atomic mass is 32.1. The Morgan fingerprint density at radius 2 is 1.86 bits per heavy atom. The van der Waals surface area contributed by atoms with E-state index in [0.717, 1.165) is 42.5 Å². The van der Waals surface area contributed by atoms with Gasteiger partial charge in [0.15, 0.2) is 0 Å². The third kappa shape index (κ3) is 3.23. The van der Waals surface area contributed by atoms with Gasteiger partial charge in [0.1, 0.15) is 11.6 Å². The van der Waals surface area contributed by atoms with Gasteiger partial charge in [0.2, 0.25) is 0 Å². The van der Waals surface area contributed by atoms with Gasteiger partial charge in [0.05, 0.1) is 10.7 Å². The fourth-order valence-corrected chi connectivity index (χ4v) is 3.90. The van der Waals surface area contributed by atoms with Crippen LogP contribution in [-0.4, -0.2) is 21.5 Å². The number of hydrogen-bond acceptors (Lipinski definition) is 5. The van der Waals surface area contributed by atoms with Gasteiger partial charge in [0, 0.05) is 29.1 Å². The molecule has 2 aromatic rings. The monoisotopic (exact) mass is 302 g/mol.